The summed E-state index contributed by atoms with van der Waals surface area (Å²) in [5.41, 5.74) is 8.37. The van der Waals surface area contributed by atoms with Crippen molar-refractivity contribution >= 4 is 42.1 Å². The van der Waals surface area contributed by atoms with Gasteiger partial charge < -0.3 is 11.1 Å². The van der Waals surface area contributed by atoms with Gasteiger partial charge in [-0.15, -0.1) is 36.2 Å². The highest BCUT2D eigenvalue weighted by molar-refractivity contribution is 7.13. The average Bonchev–Trinajstić information content (AvgIpc) is 2.98. The summed E-state index contributed by atoms with van der Waals surface area (Å²) >= 11 is 1.59. The molecule has 2 aromatic rings. The van der Waals surface area contributed by atoms with Crippen molar-refractivity contribution < 1.29 is 4.79 Å². The molecule has 0 aliphatic rings. The molecule has 1 heterocycles. The molecule has 0 spiro atoms. The van der Waals surface area contributed by atoms with Crippen molar-refractivity contribution in [2.45, 2.75) is 39.2 Å². The standard InChI is InChI=1S/C17H23N3OS.2ClH/c1-3-4-8-15(10-18)20-16(21)13-6-5-7-14(9-13)17-19-12(2)11-22-17;;/h5-7,9,11,15H,3-4,8,10,18H2,1-2H3,(H,20,21);2*1H. The Hall–Kier alpha value is -1.14. The van der Waals surface area contributed by atoms with E-state index in [0.29, 0.717) is 12.1 Å². The van der Waals surface area contributed by atoms with Gasteiger partial charge >= 0.3 is 0 Å². The first kappa shape index (κ1) is 22.9. The fourth-order valence-corrected chi connectivity index (χ4v) is 3.04. The van der Waals surface area contributed by atoms with Crippen LogP contribution in [0.15, 0.2) is 29.6 Å². The number of rotatable bonds is 7. The minimum atomic E-state index is -0.0679. The number of aryl methyl sites for hydroxylation is 1. The quantitative estimate of drug-likeness (QED) is 0.744. The van der Waals surface area contributed by atoms with E-state index in [4.69, 9.17) is 5.73 Å². The molecule has 4 nitrogen and oxygen atoms in total. The van der Waals surface area contributed by atoms with Gasteiger partial charge in [0, 0.05) is 34.8 Å². The Morgan fingerprint density at radius 1 is 1.38 bits per heavy atom. The van der Waals surface area contributed by atoms with Crippen molar-refractivity contribution in [3.8, 4) is 10.6 Å². The number of thiazole rings is 1. The molecule has 24 heavy (non-hydrogen) atoms. The van der Waals surface area contributed by atoms with Gasteiger partial charge in [-0.1, -0.05) is 31.9 Å². The summed E-state index contributed by atoms with van der Waals surface area (Å²) in [5, 5.41) is 5.97. The van der Waals surface area contributed by atoms with Crippen LogP contribution in [0.3, 0.4) is 0 Å². The maximum Gasteiger partial charge on any atom is 0.251 e. The highest BCUT2D eigenvalue weighted by atomic mass is 35.5. The van der Waals surface area contributed by atoms with Crippen LogP contribution in [0.2, 0.25) is 0 Å². The summed E-state index contributed by atoms with van der Waals surface area (Å²) < 4.78 is 0. The second kappa shape index (κ2) is 11.4. The molecule has 0 radical (unpaired) electrons. The number of carbonyl (C=O) groups is 1. The number of nitrogens with one attached hydrogen (secondary N) is 1. The molecule has 1 atom stereocenters. The number of aromatic nitrogens is 1. The van der Waals surface area contributed by atoms with Gasteiger partial charge in [0.05, 0.1) is 0 Å². The van der Waals surface area contributed by atoms with E-state index >= 15 is 0 Å². The van der Waals surface area contributed by atoms with E-state index in [1.165, 1.54) is 0 Å². The Morgan fingerprint density at radius 2 is 2.12 bits per heavy atom. The molecule has 2 rings (SSSR count). The molecule has 0 fully saturated rings. The van der Waals surface area contributed by atoms with Crippen molar-refractivity contribution in [3.05, 3.63) is 40.9 Å². The Labute approximate surface area is 160 Å². The Bertz CT molecular complexity index is 634. The molecule has 1 amide bonds. The second-order valence-corrected chi connectivity index (χ2v) is 6.28. The molecule has 0 aliphatic heterocycles. The molecular weight excluding hydrogens is 365 g/mol. The third-order valence-electron chi connectivity index (χ3n) is 3.52. The molecule has 3 N–H and O–H groups in total. The number of unbranched alkanes of at least 4 members (excludes halogenated alkanes) is 1. The lowest BCUT2D eigenvalue weighted by Gasteiger charge is -2.16. The summed E-state index contributed by atoms with van der Waals surface area (Å²) in [6.45, 7) is 4.57. The minimum Gasteiger partial charge on any atom is -0.348 e. The van der Waals surface area contributed by atoms with Gasteiger partial charge in [-0.05, 0) is 25.5 Å². The first-order valence-corrected chi connectivity index (χ1v) is 8.55. The fourth-order valence-electron chi connectivity index (χ4n) is 2.25. The van der Waals surface area contributed by atoms with Crippen molar-refractivity contribution in [3.63, 3.8) is 0 Å². The number of carbonyl (C=O) groups excluding carboxylic acids is 1. The van der Waals surface area contributed by atoms with Gasteiger partial charge in [0.1, 0.15) is 5.01 Å². The van der Waals surface area contributed by atoms with E-state index in [1.807, 2.05) is 36.6 Å². The third-order valence-corrected chi connectivity index (χ3v) is 4.53. The molecule has 0 bridgehead atoms. The number of hydrogen-bond acceptors (Lipinski definition) is 4. The summed E-state index contributed by atoms with van der Waals surface area (Å²) in [6.07, 6.45) is 3.09. The van der Waals surface area contributed by atoms with E-state index in [2.05, 4.69) is 17.2 Å². The Morgan fingerprint density at radius 3 is 2.71 bits per heavy atom. The maximum atomic E-state index is 12.4. The van der Waals surface area contributed by atoms with E-state index in [0.717, 1.165) is 35.5 Å². The van der Waals surface area contributed by atoms with Gasteiger partial charge in [0.25, 0.3) is 5.91 Å². The van der Waals surface area contributed by atoms with Crippen LogP contribution in [0, 0.1) is 6.92 Å². The lowest BCUT2D eigenvalue weighted by atomic mass is 10.1. The molecule has 7 heteroatoms. The SMILES string of the molecule is CCCCC(CN)NC(=O)c1cccc(-c2nc(C)cs2)c1.Cl.Cl. The predicted molar refractivity (Wildman–Crippen MR) is 107 cm³/mol. The number of benzene rings is 1. The maximum absolute atomic E-state index is 12.4. The summed E-state index contributed by atoms with van der Waals surface area (Å²) in [6, 6.07) is 7.63. The number of halogens is 2. The molecule has 1 aromatic carbocycles. The van der Waals surface area contributed by atoms with Crippen molar-refractivity contribution in [2.75, 3.05) is 6.54 Å². The fraction of sp³-hybridized carbons (Fsp3) is 0.412. The minimum absolute atomic E-state index is 0. The normalized spacial score (nSPS) is 11.1. The lowest BCUT2D eigenvalue weighted by Crippen LogP contribution is -2.40. The van der Waals surface area contributed by atoms with Crippen LogP contribution in [0.25, 0.3) is 10.6 Å². The Balaban J connectivity index is 0.00000264. The smallest absolute Gasteiger partial charge is 0.251 e. The summed E-state index contributed by atoms with van der Waals surface area (Å²) in [7, 11) is 0. The largest absolute Gasteiger partial charge is 0.348 e. The highest BCUT2D eigenvalue weighted by Crippen LogP contribution is 2.24. The number of nitrogens with zero attached hydrogens (tertiary/aromatic N) is 1. The van der Waals surface area contributed by atoms with Gasteiger partial charge in [-0.25, -0.2) is 4.98 Å². The van der Waals surface area contributed by atoms with E-state index in [1.54, 1.807) is 11.3 Å². The van der Waals surface area contributed by atoms with E-state index < -0.39 is 0 Å². The van der Waals surface area contributed by atoms with E-state index in [9.17, 15) is 4.79 Å². The van der Waals surface area contributed by atoms with Crippen molar-refractivity contribution in [1.29, 1.82) is 0 Å². The topological polar surface area (TPSA) is 68.0 Å². The number of amides is 1. The molecule has 0 saturated heterocycles. The van der Waals surface area contributed by atoms with Crippen LogP contribution < -0.4 is 11.1 Å². The lowest BCUT2D eigenvalue weighted by molar-refractivity contribution is 0.0936. The van der Waals surface area contributed by atoms with Gasteiger partial charge in [0.15, 0.2) is 0 Å². The van der Waals surface area contributed by atoms with Crippen molar-refractivity contribution in [1.82, 2.24) is 10.3 Å². The zero-order valence-corrected chi connectivity index (χ0v) is 16.4. The van der Waals surface area contributed by atoms with Crippen LogP contribution in [0.5, 0.6) is 0 Å². The van der Waals surface area contributed by atoms with Crippen LogP contribution >= 0.6 is 36.2 Å². The molecule has 0 saturated carbocycles. The highest BCUT2D eigenvalue weighted by Gasteiger charge is 2.13. The second-order valence-electron chi connectivity index (χ2n) is 5.42. The van der Waals surface area contributed by atoms with E-state index in [-0.39, 0.29) is 36.8 Å². The van der Waals surface area contributed by atoms with Gasteiger partial charge in [-0.3, -0.25) is 4.79 Å². The third kappa shape index (κ3) is 6.40. The molecule has 134 valence electrons. The van der Waals surface area contributed by atoms with Gasteiger partial charge in [0.2, 0.25) is 0 Å². The molecular formula is C17H25Cl2N3OS. The number of nitrogens with two attached hydrogens (primary N) is 1. The molecule has 1 aromatic heterocycles. The Kier molecular flexibility index (Phi) is 10.9. The van der Waals surface area contributed by atoms with Crippen molar-refractivity contribution in [2.24, 2.45) is 5.73 Å². The average molecular weight is 390 g/mol. The van der Waals surface area contributed by atoms with Crippen LogP contribution in [-0.4, -0.2) is 23.5 Å². The molecule has 1 unspecified atom stereocenters. The molecule has 0 aliphatic carbocycles. The first-order valence-electron chi connectivity index (χ1n) is 7.67. The van der Waals surface area contributed by atoms with Crippen LogP contribution in [-0.2, 0) is 0 Å². The zero-order valence-electron chi connectivity index (χ0n) is 14.0. The van der Waals surface area contributed by atoms with Crippen LogP contribution in [0.4, 0.5) is 0 Å². The number of hydrogen-bond donors (Lipinski definition) is 2. The van der Waals surface area contributed by atoms with Gasteiger partial charge in [-0.2, -0.15) is 0 Å². The predicted octanol–water partition coefficient (Wildman–Crippen LogP) is 4.21. The monoisotopic (exact) mass is 389 g/mol. The van der Waals surface area contributed by atoms with Crippen LogP contribution in [0.1, 0.15) is 42.2 Å². The first-order chi connectivity index (χ1) is 10.6. The zero-order chi connectivity index (χ0) is 15.9. The summed E-state index contributed by atoms with van der Waals surface area (Å²) in [5.74, 6) is -0.0679. The summed E-state index contributed by atoms with van der Waals surface area (Å²) in [4.78, 5) is 16.8.